The number of aromatic nitrogens is 1. The normalized spacial score (nSPS) is 11.1. The summed E-state index contributed by atoms with van der Waals surface area (Å²) in [4.78, 5) is 13.6. The van der Waals surface area contributed by atoms with Crippen LogP contribution in [0.15, 0.2) is 39.8 Å². The van der Waals surface area contributed by atoms with Crippen LogP contribution in [-0.2, 0) is 10.0 Å². The van der Waals surface area contributed by atoms with E-state index < -0.39 is 15.5 Å². The quantitative estimate of drug-likeness (QED) is 0.760. The summed E-state index contributed by atoms with van der Waals surface area (Å²) in [6.45, 7) is 3.91. The lowest BCUT2D eigenvalue weighted by Gasteiger charge is -2.03. The van der Waals surface area contributed by atoms with Gasteiger partial charge in [-0.25, -0.2) is 13.1 Å². The molecule has 0 saturated carbocycles. The Hall–Kier alpha value is -1.40. The molecule has 0 unspecified atom stereocenters. The summed E-state index contributed by atoms with van der Waals surface area (Å²) in [5, 5.41) is 0. The first-order valence-electron chi connectivity index (χ1n) is 4.73. The van der Waals surface area contributed by atoms with Crippen LogP contribution in [0.5, 0.6) is 0 Å². The first-order chi connectivity index (χ1) is 7.43. The van der Waals surface area contributed by atoms with E-state index in [1.54, 1.807) is 6.08 Å². The molecule has 2 N–H and O–H groups in total. The minimum absolute atomic E-state index is 0.180. The minimum atomic E-state index is -3.72. The van der Waals surface area contributed by atoms with Crippen molar-refractivity contribution in [2.24, 2.45) is 0 Å². The SMILES string of the molecule is CC(C)=CCNS(=O)(=O)c1c[nH]ccc1=O. The van der Waals surface area contributed by atoms with Gasteiger partial charge >= 0.3 is 0 Å². The molecule has 5 nitrogen and oxygen atoms in total. The van der Waals surface area contributed by atoms with Gasteiger partial charge in [0.25, 0.3) is 0 Å². The summed E-state index contributed by atoms with van der Waals surface area (Å²) in [6, 6.07) is 1.18. The van der Waals surface area contributed by atoms with Crippen molar-refractivity contribution < 1.29 is 8.42 Å². The molecule has 1 aromatic heterocycles. The molecule has 0 aromatic carbocycles. The molecular weight excluding hydrogens is 228 g/mol. The van der Waals surface area contributed by atoms with E-state index in [4.69, 9.17) is 0 Å². The van der Waals surface area contributed by atoms with Gasteiger partial charge in [0, 0.05) is 25.0 Å². The first kappa shape index (κ1) is 12.7. The van der Waals surface area contributed by atoms with E-state index >= 15 is 0 Å². The van der Waals surface area contributed by atoms with Gasteiger partial charge in [-0.3, -0.25) is 4.79 Å². The Morgan fingerprint density at radius 3 is 2.75 bits per heavy atom. The number of nitrogens with one attached hydrogen (secondary N) is 2. The van der Waals surface area contributed by atoms with Gasteiger partial charge in [-0.1, -0.05) is 11.6 Å². The monoisotopic (exact) mass is 242 g/mol. The molecule has 0 radical (unpaired) electrons. The number of aromatic amines is 1. The molecule has 88 valence electrons. The second kappa shape index (κ2) is 5.09. The van der Waals surface area contributed by atoms with Gasteiger partial charge in [0.1, 0.15) is 4.90 Å². The van der Waals surface area contributed by atoms with Crippen molar-refractivity contribution in [3.63, 3.8) is 0 Å². The van der Waals surface area contributed by atoms with E-state index in [0.717, 1.165) is 5.57 Å². The van der Waals surface area contributed by atoms with Crippen LogP contribution in [0.4, 0.5) is 0 Å². The third kappa shape index (κ3) is 3.32. The zero-order chi connectivity index (χ0) is 12.2. The van der Waals surface area contributed by atoms with Crippen LogP contribution in [0, 0.1) is 0 Å². The number of H-pyrrole nitrogens is 1. The molecule has 0 aliphatic rings. The van der Waals surface area contributed by atoms with Crippen LogP contribution in [0.1, 0.15) is 13.8 Å². The number of hydrogen-bond donors (Lipinski definition) is 2. The van der Waals surface area contributed by atoms with Crippen molar-refractivity contribution in [3.8, 4) is 0 Å². The highest BCUT2D eigenvalue weighted by molar-refractivity contribution is 7.89. The standard InChI is InChI=1S/C10H14N2O3S/c1-8(2)3-6-12-16(14,15)10-7-11-5-4-9(10)13/h3-5,7,12H,6H2,1-2H3,(H,11,13). The second-order valence-corrected chi connectivity index (χ2v) is 5.24. The van der Waals surface area contributed by atoms with Gasteiger partial charge in [-0.05, 0) is 13.8 Å². The average molecular weight is 242 g/mol. The van der Waals surface area contributed by atoms with Crippen molar-refractivity contribution in [1.29, 1.82) is 0 Å². The smallest absolute Gasteiger partial charge is 0.246 e. The molecule has 0 atom stereocenters. The third-order valence-electron chi connectivity index (χ3n) is 1.86. The molecule has 16 heavy (non-hydrogen) atoms. The van der Waals surface area contributed by atoms with Gasteiger partial charge in [0.15, 0.2) is 0 Å². The van der Waals surface area contributed by atoms with E-state index in [0.29, 0.717) is 0 Å². The molecule has 1 rings (SSSR count). The fraction of sp³-hybridized carbons (Fsp3) is 0.300. The van der Waals surface area contributed by atoms with Crippen LogP contribution in [0.25, 0.3) is 0 Å². The average Bonchev–Trinajstić information content (AvgIpc) is 2.17. The largest absolute Gasteiger partial charge is 0.366 e. The Balaban J connectivity index is 2.92. The van der Waals surface area contributed by atoms with Gasteiger partial charge in [0.05, 0.1) is 0 Å². The maximum absolute atomic E-state index is 11.7. The summed E-state index contributed by atoms with van der Waals surface area (Å²) >= 11 is 0. The topological polar surface area (TPSA) is 79.0 Å². The minimum Gasteiger partial charge on any atom is -0.366 e. The molecule has 1 aromatic rings. The van der Waals surface area contributed by atoms with Crippen molar-refractivity contribution >= 4 is 10.0 Å². The molecule has 0 aliphatic carbocycles. The summed E-state index contributed by atoms with van der Waals surface area (Å²) < 4.78 is 25.7. The maximum atomic E-state index is 11.7. The van der Waals surface area contributed by atoms with E-state index in [-0.39, 0.29) is 11.4 Å². The number of rotatable bonds is 4. The molecule has 0 fully saturated rings. The van der Waals surface area contributed by atoms with Gasteiger partial charge < -0.3 is 4.98 Å². The van der Waals surface area contributed by atoms with Crippen LogP contribution in [-0.4, -0.2) is 19.9 Å². The molecule has 0 amide bonds. The van der Waals surface area contributed by atoms with Crippen LogP contribution >= 0.6 is 0 Å². The highest BCUT2D eigenvalue weighted by atomic mass is 32.2. The highest BCUT2D eigenvalue weighted by Gasteiger charge is 2.15. The van der Waals surface area contributed by atoms with Crippen molar-refractivity contribution in [3.05, 3.63) is 40.3 Å². The van der Waals surface area contributed by atoms with Crippen LogP contribution in [0.2, 0.25) is 0 Å². The molecule has 0 bridgehead atoms. The predicted octanol–water partition coefficient (Wildman–Crippen LogP) is 0.619. The Morgan fingerprint density at radius 1 is 1.50 bits per heavy atom. The van der Waals surface area contributed by atoms with E-state index in [1.807, 2.05) is 13.8 Å². The highest BCUT2D eigenvalue weighted by Crippen LogP contribution is 1.99. The summed E-state index contributed by atoms with van der Waals surface area (Å²) in [6.07, 6.45) is 4.29. The van der Waals surface area contributed by atoms with E-state index in [1.165, 1.54) is 18.5 Å². The summed E-state index contributed by atoms with van der Waals surface area (Å²) in [5.74, 6) is 0. The fourth-order valence-electron chi connectivity index (χ4n) is 1.04. The van der Waals surface area contributed by atoms with Gasteiger partial charge in [0.2, 0.25) is 15.5 Å². The van der Waals surface area contributed by atoms with Crippen molar-refractivity contribution in [2.45, 2.75) is 18.7 Å². The van der Waals surface area contributed by atoms with Gasteiger partial charge in [-0.2, -0.15) is 0 Å². The lowest BCUT2D eigenvalue weighted by Crippen LogP contribution is -2.28. The Kier molecular flexibility index (Phi) is 4.03. The molecule has 1 heterocycles. The Morgan fingerprint density at radius 2 is 2.19 bits per heavy atom. The summed E-state index contributed by atoms with van der Waals surface area (Å²) in [5.41, 5.74) is 0.480. The zero-order valence-corrected chi connectivity index (χ0v) is 9.97. The molecule has 6 heteroatoms. The molecular formula is C10H14N2O3S. The number of allylic oxidation sites excluding steroid dienone is 1. The fourth-order valence-corrected chi connectivity index (χ4v) is 2.06. The maximum Gasteiger partial charge on any atom is 0.246 e. The first-order valence-corrected chi connectivity index (χ1v) is 6.22. The van der Waals surface area contributed by atoms with E-state index in [9.17, 15) is 13.2 Å². The number of pyridine rings is 1. The lowest BCUT2D eigenvalue weighted by atomic mass is 10.3. The third-order valence-corrected chi connectivity index (χ3v) is 3.31. The van der Waals surface area contributed by atoms with E-state index in [2.05, 4.69) is 9.71 Å². The Labute approximate surface area is 94.3 Å². The van der Waals surface area contributed by atoms with Crippen molar-refractivity contribution in [1.82, 2.24) is 9.71 Å². The molecule has 0 aliphatic heterocycles. The van der Waals surface area contributed by atoms with Crippen LogP contribution in [0.3, 0.4) is 0 Å². The Bertz CT molecular complexity index is 539. The molecule has 0 saturated heterocycles. The van der Waals surface area contributed by atoms with Gasteiger partial charge in [-0.15, -0.1) is 0 Å². The summed E-state index contributed by atoms with van der Waals surface area (Å²) in [7, 11) is -3.72. The number of hydrogen-bond acceptors (Lipinski definition) is 3. The number of sulfonamides is 1. The van der Waals surface area contributed by atoms with Crippen molar-refractivity contribution in [2.75, 3.05) is 6.54 Å². The van der Waals surface area contributed by atoms with Crippen LogP contribution < -0.4 is 10.2 Å². The zero-order valence-electron chi connectivity index (χ0n) is 9.15. The molecule has 0 spiro atoms. The lowest BCUT2D eigenvalue weighted by molar-refractivity contribution is 0.584. The predicted molar refractivity (Wildman–Crippen MR) is 61.7 cm³/mol. The second-order valence-electron chi connectivity index (χ2n) is 3.51.